The van der Waals surface area contributed by atoms with Gasteiger partial charge in [-0.25, -0.2) is 0 Å². The van der Waals surface area contributed by atoms with Gasteiger partial charge in [0, 0.05) is 22.5 Å². The normalized spacial score (nSPS) is 18.8. The number of alkyl halides is 3. The van der Waals surface area contributed by atoms with E-state index in [1.807, 2.05) is 27.7 Å². The Kier molecular flexibility index (Phi) is 11.3. The Morgan fingerprint density at radius 1 is 1.02 bits per heavy atom. The Labute approximate surface area is 282 Å². The van der Waals surface area contributed by atoms with Gasteiger partial charge in [0.1, 0.15) is 11.6 Å². The van der Waals surface area contributed by atoms with Crippen LogP contribution in [0.4, 0.5) is 13.2 Å². The van der Waals surface area contributed by atoms with Crippen LogP contribution >= 0.6 is 23.8 Å². The number of H-pyrrole nitrogens is 1. The minimum atomic E-state index is -4.60. The number of benzene rings is 2. The number of nitrogens with one attached hydrogen (secondary N) is 4. The van der Waals surface area contributed by atoms with Crippen LogP contribution in [0.1, 0.15) is 69.3 Å². The van der Waals surface area contributed by atoms with Crippen LogP contribution in [-0.4, -0.2) is 45.3 Å². The minimum absolute atomic E-state index is 0.0592. The van der Waals surface area contributed by atoms with Crippen LogP contribution in [-0.2, 0) is 39.8 Å². The maximum Gasteiger partial charge on any atom is 0.418 e. The predicted octanol–water partition coefficient (Wildman–Crippen LogP) is 5.77. The van der Waals surface area contributed by atoms with Gasteiger partial charge in [0.15, 0.2) is 0 Å². The molecule has 3 amide bonds. The highest BCUT2D eigenvalue weighted by Crippen LogP contribution is 2.40. The predicted molar refractivity (Wildman–Crippen MR) is 181 cm³/mol. The van der Waals surface area contributed by atoms with E-state index >= 15 is 0 Å². The van der Waals surface area contributed by atoms with Crippen LogP contribution in [0, 0.1) is 11.8 Å². The molecule has 0 saturated heterocycles. The number of halogens is 4. The summed E-state index contributed by atoms with van der Waals surface area (Å²) in [7, 11) is 0. The van der Waals surface area contributed by atoms with Crippen molar-refractivity contribution in [2.24, 2.45) is 17.6 Å². The molecule has 0 aliphatic heterocycles. The van der Waals surface area contributed by atoms with Gasteiger partial charge in [0.05, 0.1) is 28.5 Å². The van der Waals surface area contributed by atoms with E-state index in [9.17, 15) is 27.6 Å². The van der Waals surface area contributed by atoms with Gasteiger partial charge in [0.25, 0.3) is 0 Å². The van der Waals surface area contributed by atoms with Crippen molar-refractivity contribution in [1.29, 1.82) is 0 Å². The van der Waals surface area contributed by atoms with Crippen molar-refractivity contribution in [3.8, 4) is 0 Å². The fraction of sp³-hybridized carbons (Fsp3) is 0.471. The average Bonchev–Trinajstić information content (AvgIpc) is 3.39. The van der Waals surface area contributed by atoms with Crippen molar-refractivity contribution in [3.05, 3.63) is 69.9 Å². The number of amides is 3. The number of rotatable bonds is 12. The lowest BCUT2D eigenvalue weighted by atomic mass is 9.78. The molecule has 1 aliphatic rings. The van der Waals surface area contributed by atoms with Crippen molar-refractivity contribution in [2.75, 3.05) is 0 Å². The summed E-state index contributed by atoms with van der Waals surface area (Å²) in [4.78, 5) is 44.6. The first kappa shape index (κ1) is 36.2. The van der Waals surface area contributed by atoms with E-state index in [0.717, 1.165) is 6.07 Å². The molecule has 0 saturated carbocycles. The molecule has 0 radical (unpaired) electrons. The SMILES string of the molecule is CCC(C)[C@H](NC(=O)Cc1ccccc1Cl)C(=O)N[C@]1(C(=O)N[C@H](C(N)=S)C(C)CC)CCc2[nH]c3c(C(F)(F)F)cccc3c2C1. The number of aryl methyl sites for hydroxylation is 1. The lowest BCUT2D eigenvalue weighted by molar-refractivity contribution is -0.137. The molecule has 0 bridgehead atoms. The molecule has 2 unspecified atom stereocenters. The Morgan fingerprint density at radius 2 is 1.68 bits per heavy atom. The number of carbonyl (C=O) groups is 3. The first-order valence-corrected chi connectivity index (χ1v) is 16.5. The fourth-order valence-corrected chi connectivity index (χ4v) is 6.62. The molecule has 4 rings (SSSR count). The second kappa shape index (κ2) is 14.6. The van der Waals surface area contributed by atoms with Gasteiger partial charge >= 0.3 is 6.18 Å². The molecule has 13 heteroatoms. The zero-order valence-electron chi connectivity index (χ0n) is 26.8. The first-order chi connectivity index (χ1) is 22.1. The number of aromatic nitrogens is 1. The van der Waals surface area contributed by atoms with Gasteiger partial charge in [0.2, 0.25) is 17.7 Å². The quantitative estimate of drug-likeness (QED) is 0.154. The standard InChI is InChI=1S/C34H41ClF3N5O3S/c1-5-18(3)27(30(39)47)42-32(46)33(15-14-25-22(17-33)21-11-9-12-23(29(21)40-25)34(36,37)38)43-31(45)28(19(4)6-2)41-26(44)16-20-10-7-8-13-24(20)35/h7-13,18-19,27-28,40H,5-6,14-17H2,1-4H3,(H2,39,47)(H,41,44)(H,42,46)(H,43,45)/t18?,19?,27-,28-,33+/m0/s1. The summed E-state index contributed by atoms with van der Waals surface area (Å²) < 4.78 is 41.8. The van der Waals surface area contributed by atoms with Crippen molar-refractivity contribution in [2.45, 2.75) is 90.0 Å². The second-order valence-electron chi connectivity index (χ2n) is 12.5. The van der Waals surface area contributed by atoms with Gasteiger partial charge in [-0.2, -0.15) is 13.2 Å². The first-order valence-electron chi connectivity index (χ1n) is 15.8. The molecule has 0 spiro atoms. The third-order valence-electron chi connectivity index (χ3n) is 9.34. The Morgan fingerprint density at radius 3 is 2.30 bits per heavy atom. The van der Waals surface area contributed by atoms with Crippen LogP contribution in [0.3, 0.4) is 0 Å². The molecule has 8 nitrogen and oxygen atoms in total. The van der Waals surface area contributed by atoms with Crippen LogP contribution in [0.2, 0.25) is 5.02 Å². The van der Waals surface area contributed by atoms with Crippen molar-refractivity contribution in [1.82, 2.24) is 20.9 Å². The number of carbonyl (C=O) groups excluding carboxylic acids is 3. The third-order valence-corrected chi connectivity index (χ3v) is 9.96. The highest BCUT2D eigenvalue weighted by molar-refractivity contribution is 7.80. The summed E-state index contributed by atoms with van der Waals surface area (Å²) in [5.41, 5.74) is 5.22. The summed E-state index contributed by atoms with van der Waals surface area (Å²) in [6.45, 7) is 7.51. The number of fused-ring (bicyclic) bond motifs is 3. The van der Waals surface area contributed by atoms with Crippen LogP contribution in [0.5, 0.6) is 0 Å². The van der Waals surface area contributed by atoms with E-state index in [1.165, 1.54) is 6.07 Å². The maximum absolute atomic E-state index is 14.3. The molecule has 47 heavy (non-hydrogen) atoms. The molecular formula is C34H41ClF3N5O3S. The van der Waals surface area contributed by atoms with E-state index in [1.54, 1.807) is 30.3 Å². The average molecular weight is 692 g/mol. The Bertz CT molecular complexity index is 1660. The Balaban J connectivity index is 1.72. The van der Waals surface area contributed by atoms with E-state index in [-0.39, 0.29) is 48.0 Å². The molecule has 2 aromatic carbocycles. The second-order valence-corrected chi connectivity index (χ2v) is 13.4. The summed E-state index contributed by atoms with van der Waals surface area (Å²) in [5, 5.41) is 9.47. The zero-order valence-corrected chi connectivity index (χ0v) is 28.4. The highest BCUT2D eigenvalue weighted by Gasteiger charge is 2.47. The maximum atomic E-state index is 14.3. The summed E-state index contributed by atoms with van der Waals surface area (Å²) >= 11 is 11.5. The highest BCUT2D eigenvalue weighted by atomic mass is 35.5. The molecule has 1 aromatic heterocycles. The summed E-state index contributed by atoms with van der Waals surface area (Å²) in [5.74, 6) is -2.01. The minimum Gasteiger partial charge on any atom is -0.392 e. The Hall–Kier alpha value is -3.64. The van der Waals surface area contributed by atoms with Crippen molar-refractivity contribution >= 4 is 57.4 Å². The van der Waals surface area contributed by atoms with Crippen molar-refractivity contribution in [3.63, 3.8) is 0 Å². The number of thiocarbonyl (C=S) groups is 1. The number of hydrogen-bond donors (Lipinski definition) is 5. The smallest absolute Gasteiger partial charge is 0.392 e. The number of nitrogens with two attached hydrogens (primary N) is 1. The molecule has 6 N–H and O–H groups in total. The largest absolute Gasteiger partial charge is 0.418 e. The topological polar surface area (TPSA) is 129 Å². The van der Waals surface area contributed by atoms with Crippen LogP contribution < -0.4 is 21.7 Å². The van der Waals surface area contributed by atoms with Crippen LogP contribution in [0.25, 0.3) is 10.9 Å². The van der Waals surface area contributed by atoms with E-state index in [0.29, 0.717) is 40.1 Å². The zero-order chi connectivity index (χ0) is 34.7. The van der Waals surface area contributed by atoms with Gasteiger partial charge in [-0.15, -0.1) is 0 Å². The molecule has 1 aliphatic carbocycles. The van der Waals surface area contributed by atoms with Gasteiger partial charge in [-0.3, -0.25) is 14.4 Å². The summed E-state index contributed by atoms with van der Waals surface area (Å²) in [6, 6.07) is 9.12. The monoisotopic (exact) mass is 691 g/mol. The van der Waals surface area contributed by atoms with E-state index in [2.05, 4.69) is 20.9 Å². The molecular weight excluding hydrogens is 651 g/mol. The molecule has 1 heterocycles. The number of aromatic amines is 1. The summed E-state index contributed by atoms with van der Waals surface area (Å²) in [6.07, 6.45) is -3.29. The number of para-hydroxylation sites is 1. The fourth-order valence-electron chi connectivity index (χ4n) is 6.13. The third kappa shape index (κ3) is 7.92. The van der Waals surface area contributed by atoms with E-state index in [4.69, 9.17) is 29.6 Å². The van der Waals surface area contributed by atoms with Gasteiger partial charge in [-0.05, 0) is 47.9 Å². The molecule has 3 aromatic rings. The van der Waals surface area contributed by atoms with Gasteiger partial charge in [-0.1, -0.05) is 94.7 Å². The lowest BCUT2D eigenvalue weighted by Gasteiger charge is -2.40. The van der Waals surface area contributed by atoms with E-state index < -0.39 is 47.1 Å². The molecule has 5 atom stereocenters. The number of hydrogen-bond acceptors (Lipinski definition) is 4. The molecule has 254 valence electrons. The van der Waals surface area contributed by atoms with Crippen LogP contribution in [0.15, 0.2) is 42.5 Å². The molecule has 0 fully saturated rings. The lowest BCUT2D eigenvalue weighted by Crippen LogP contribution is -2.67. The van der Waals surface area contributed by atoms with Crippen molar-refractivity contribution < 1.29 is 27.6 Å². The van der Waals surface area contributed by atoms with Gasteiger partial charge < -0.3 is 26.7 Å².